The van der Waals surface area contributed by atoms with E-state index < -0.39 is 50.0 Å². The van der Waals surface area contributed by atoms with Crippen molar-refractivity contribution in [2.45, 2.75) is 0 Å². The number of nitrogens with zero attached hydrogens (tertiary/aromatic N) is 6. The van der Waals surface area contributed by atoms with E-state index in [9.17, 15) is 25.2 Å². The van der Waals surface area contributed by atoms with E-state index in [-0.39, 0.29) is 0 Å². The average Bonchev–Trinajstić information content (AvgIpc) is 3.92. The fraction of sp³-hybridized carbons (Fsp3) is 0. The first kappa shape index (κ1) is 62.0. The van der Waals surface area contributed by atoms with Crippen LogP contribution < -0.4 is 0 Å². The van der Waals surface area contributed by atoms with Crippen molar-refractivity contribution in [1.82, 2.24) is 59.8 Å². The Morgan fingerprint density at radius 3 is 0.407 bits per heavy atom. The number of H-pyrrole nitrogens is 6. The molecule has 0 spiro atoms. The molecule has 0 amide bonds. The molecule has 12 N–H and O–H groups in total. The first-order valence-electron chi connectivity index (χ1n) is 12.3. The minimum absolute atomic E-state index is 1.62. The average molecular weight is 912 g/mol. The van der Waals surface area contributed by atoms with Gasteiger partial charge < -0.3 is 59.3 Å². The van der Waals surface area contributed by atoms with Gasteiger partial charge in [0.1, 0.15) is 0 Å². The number of aromatic nitrogens is 12. The van der Waals surface area contributed by atoms with Crippen LogP contribution in [0, 0.1) is 0 Å². The lowest BCUT2D eigenvalue weighted by Gasteiger charge is -1.56. The van der Waals surface area contributed by atoms with Crippen LogP contribution in [0.15, 0.2) is 112 Å². The van der Waals surface area contributed by atoms with E-state index in [0.717, 1.165) is 0 Å². The molecule has 54 heavy (non-hydrogen) atoms. The summed E-state index contributed by atoms with van der Waals surface area (Å²) in [6, 6.07) is 0. The molecule has 0 saturated heterocycles. The number of aromatic amines is 6. The van der Waals surface area contributed by atoms with Crippen LogP contribution in [0.5, 0.6) is 0 Å². The Morgan fingerprint density at radius 1 is 0.296 bits per heavy atom. The highest BCUT2D eigenvalue weighted by Crippen LogP contribution is 2.12. The molecule has 0 aliphatic carbocycles. The Bertz CT molecular complexity index is 1100. The summed E-state index contributed by atoms with van der Waals surface area (Å²) in [7, 11) is -21.8. The largest absolute Gasteiger partial charge is 0.353 e. The fourth-order valence-corrected chi connectivity index (χ4v) is 1.29. The topological polar surface area (TPSA) is 396 Å². The van der Waals surface area contributed by atoms with Gasteiger partial charge in [-0.1, -0.05) is 0 Å². The Morgan fingerprint density at radius 2 is 0.389 bits per heavy atom. The number of rotatable bonds is 0. The number of nitrogens with one attached hydrogen (secondary N) is 6. The van der Waals surface area contributed by atoms with Crippen LogP contribution in [-0.4, -0.2) is 89.2 Å². The highest BCUT2D eigenvalue weighted by Gasteiger charge is 1.69. The quantitative estimate of drug-likeness (QED) is 0.0737. The molecular formula is C18H36F6N12O12P6. The predicted octanol–water partition coefficient (Wildman–Crippen LogP) is 4.49. The summed E-state index contributed by atoms with van der Waals surface area (Å²) < 4.78 is 112. The number of hydrogen-bond donors (Lipinski definition) is 12. The summed E-state index contributed by atoms with van der Waals surface area (Å²) >= 11 is 0. The van der Waals surface area contributed by atoms with Gasteiger partial charge in [0.05, 0.1) is 38.0 Å². The van der Waals surface area contributed by atoms with Crippen molar-refractivity contribution >= 4 is 50.0 Å². The van der Waals surface area contributed by atoms with Crippen LogP contribution >= 0.6 is 50.0 Å². The SMILES string of the molecule is O=[PH](O)F.O=[PH](O)F.O=[PH](O)F.O=[PH](O)F.O=[PH](O)F.O=[PH](O)F.c1c[nH]cn1.c1c[nH]cn1.c1c[nH]cn1.c1c[nH]cn1.c1c[nH]cn1.c1c[nH]cn1. The first-order valence-corrected chi connectivity index (χ1v) is 19.7. The van der Waals surface area contributed by atoms with E-state index in [1.807, 2.05) is 0 Å². The second-order valence-corrected chi connectivity index (χ2v) is 9.12. The number of halogens is 6. The zero-order valence-corrected chi connectivity index (χ0v) is 32.5. The molecule has 0 aliphatic heterocycles. The first-order chi connectivity index (χ1) is 25.4. The molecule has 24 nitrogen and oxygen atoms in total. The highest BCUT2D eigenvalue weighted by molar-refractivity contribution is 7.32. The Hall–Kier alpha value is -4.02. The predicted molar refractivity (Wildman–Crippen MR) is 185 cm³/mol. The maximum Gasteiger partial charge on any atom is 0.353 e. The van der Waals surface area contributed by atoms with Gasteiger partial charge in [-0.2, -0.15) is 25.2 Å². The molecule has 0 bridgehead atoms. The summed E-state index contributed by atoms with van der Waals surface area (Å²) in [5, 5.41) is 0. The van der Waals surface area contributed by atoms with Crippen molar-refractivity contribution in [1.29, 1.82) is 0 Å². The summed E-state index contributed by atoms with van der Waals surface area (Å²) in [6.07, 6.45) is 30.5. The van der Waals surface area contributed by atoms with Gasteiger partial charge >= 0.3 is 50.0 Å². The monoisotopic (exact) mass is 912 g/mol. The van der Waals surface area contributed by atoms with Crippen molar-refractivity contribution in [2.24, 2.45) is 0 Å². The lowest BCUT2D eigenvalue weighted by Crippen LogP contribution is -1.44. The zero-order valence-electron chi connectivity index (χ0n) is 26.5. The molecule has 36 heteroatoms. The minimum atomic E-state index is -3.63. The third-order valence-corrected chi connectivity index (χ3v) is 2.44. The van der Waals surface area contributed by atoms with Crippen molar-refractivity contribution in [3.8, 4) is 0 Å². The molecule has 0 fully saturated rings. The molecule has 0 radical (unpaired) electrons. The van der Waals surface area contributed by atoms with Crippen LogP contribution in [0.4, 0.5) is 25.2 Å². The van der Waals surface area contributed by atoms with Gasteiger partial charge in [-0.25, -0.2) is 29.9 Å². The van der Waals surface area contributed by atoms with Crippen molar-refractivity contribution < 1.29 is 81.9 Å². The van der Waals surface area contributed by atoms with E-state index in [0.29, 0.717) is 0 Å². The van der Waals surface area contributed by atoms with E-state index in [4.69, 9.17) is 56.8 Å². The molecular weight excluding hydrogens is 876 g/mol. The summed E-state index contributed by atoms with van der Waals surface area (Å²) in [4.78, 5) is 80.1. The van der Waals surface area contributed by atoms with E-state index in [1.54, 1.807) is 112 Å². The van der Waals surface area contributed by atoms with Crippen LogP contribution in [0.1, 0.15) is 0 Å². The molecule has 6 atom stereocenters. The van der Waals surface area contributed by atoms with Crippen LogP contribution in [0.3, 0.4) is 0 Å². The number of imidazole rings is 6. The minimum Gasteiger partial charge on any atom is -0.351 e. The van der Waals surface area contributed by atoms with Gasteiger partial charge in [0.15, 0.2) is 0 Å². The van der Waals surface area contributed by atoms with Gasteiger partial charge in [-0.05, 0) is 0 Å². The summed E-state index contributed by atoms with van der Waals surface area (Å²) in [5.74, 6) is 0. The summed E-state index contributed by atoms with van der Waals surface area (Å²) in [6.45, 7) is 0. The standard InChI is InChI=1S/6C3H4N2.6FH2O2P/c6*1-2-5-3-4-1;6*1-4(2)3/h6*1-3H,(H,4,5);6*4H,(H,2,3). The molecule has 6 unspecified atom stereocenters. The smallest absolute Gasteiger partial charge is 0.351 e. The van der Waals surface area contributed by atoms with Gasteiger partial charge in [-0.15, -0.1) is 0 Å². The molecule has 0 aromatic carbocycles. The molecule has 6 aromatic heterocycles. The molecule has 6 aromatic rings. The molecule has 6 rings (SSSR count). The third-order valence-electron chi connectivity index (χ3n) is 2.44. The number of hydrogen-bond acceptors (Lipinski definition) is 12. The van der Waals surface area contributed by atoms with Gasteiger partial charge in [0.2, 0.25) is 0 Å². The van der Waals surface area contributed by atoms with Crippen molar-refractivity contribution in [2.75, 3.05) is 0 Å². The van der Waals surface area contributed by atoms with Crippen molar-refractivity contribution in [3.63, 3.8) is 0 Å². The maximum absolute atomic E-state index is 10.1. The highest BCUT2D eigenvalue weighted by atomic mass is 31.2. The summed E-state index contributed by atoms with van der Waals surface area (Å²) in [5.41, 5.74) is 0. The molecule has 0 saturated carbocycles. The zero-order chi connectivity index (χ0) is 42.7. The molecule has 312 valence electrons. The fourth-order valence-electron chi connectivity index (χ4n) is 1.29. The molecule has 0 aliphatic rings. The Kier molecular flexibility index (Phi) is 66.9. The van der Waals surface area contributed by atoms with E-state index in [2.05, 4.69) is 59.8 Å². The second kappa shape index (κ2) is 58.3. The second-order valence-electron chi connectivity index (χ2n) is 6.08. The lowest BCUT2D eigenvalue weighted by atomic mass is 11.0. The van der Waals surface area contributed by atoms with Crippen LogP contribution in [0.25, 0.3) is 0 Å². The van der Waals surface area contributed by atoms with Gasteiger partial charge in [-0.3, -0.25) is 27.4 Å². The lowest BCUT2D eigenvalue weighted by molar-refractivity contribution is 0.458. The van der Waals surface area contributed by atoms with Crippen LogP contribution in [-0.2, 0) is 27.4 Å². The normalized spacial score (nSPS) is 11.3. The van der Waals surface area contributed by atoms with Gasteiger partial charge in [0.25, 0.3) is 0 Å². The van der Waals surface area contributed by atoms with Gasteiger partial charge in [0, 0.05) is 74.4 Å². The Labute approximate surface area is 304 Å². The Balaban J connectivity index is -0.000000117. The van der Waals surface area contributed by atoms with E-state index in [1.165, 1.54) is 0 Å². The van der Waals surface area contributed by atoms with Crippen molar-refractivity contribution in [3.05, 3.63) is 112 Å². The van der Waals surface area contributed by atoms with Crippen LogP contribution in [0.2, 0.25) is 0 Å². The van der Waals surface area contributed by atoms with E-state index >= 15 is 0 Å². The third kappa shape index (κ3) is 157. The maximum atomic E-state index is 10.1. The molecule has 6 heterocycles.